The van der Waals surface area contributed by atoms with E-state index in [1.807, 2.05) is 13.8 Å². The molecule has 0 aliphatic heterocycles. The van der Waals surface area contributed by atoms with Gasteiger partial charge in [0.1, 0.15) is 5.78 Å². The number of carbonyl (C=O) groups is 2. The summed E-state index contributed by atoms with van der Waals surface area (Å²) in [4.78, 5) is 23.1. The number of nitrogens with one attached hydrogen (secondary N) is 1. The summed E-state index contributed by atoms with van der Waals surface area (Å²) in [5, 5.41) is 3.04. The fraction of sp³-hybridized carbons (Fsp3) is 0.895. The number of ether oxygens (including phenoxy) is 2. The second-order valence-corrected chi connectivity index (χ2v) is 6.06. The van der Waals surface area contributed by atoms with E-state index in [2.05, 4.69) is 12.2 Å². The normalized spacial score (nSPS) is 20.0. The van der Waals surface area contributed by atoms with Crippen LogP contribution in [0, 0.1) is 5.92 Å². The fourth-order valence-corrected chi connectivity index (χ4v) is 2.72. The van der Waals surface area contributed by atoms with Gasteiger partial charge in [0.15, 0.2) is 0 Å². The standard InChI is InChI=1S/C17H31NO4.C2H6/c1-3-10-21-11-4-12-22-13-9-17(20)18-16-7-5-15(6-8-16)14(2)19;1-2/h15-16H,3-13H2,1-2H3,(H,18,20);1-2H3. The van der Waals surface area contributed by atoms with E-state index in [0.29, 0.717) is 19.6 Å². The third-order valence-electron chi connectivity index (χ3n) is 4.07. The first kappa shape index (κ1) is 23.1. The van der Waals surface area contributed by atoms with Crippen LogP contribution in [0.25, 0.3) is 0 Å². The summed E-state index contributed by atoms with van der Waals surface area (Å²) in [6.45, 7) is 10.4. The van der Waals surface area contributed by atoms with E-state index in [1.54, 1.807) is 6.92 Å². The molecule has 0 radical (unpaired) electrons. The van der Waals surface area contributed by atoms with Gasteiger partial charge >= 0.3 is 0 Å². The van der Waals surface area contributed by atoms with Gasteiger partial charge in [-0.15, -0.1) is 0 Å². The molecule has 0 spiro atoms. The van der Waals surface area contributed by atoms with Crippen molar-refractivity contribution in [1.29, 1.82) is 0 Å². The molecule has 1 fully saturated rings. The lowest BCUT2D eigenvalue weighted by Crippen LogP contribution is -2.38. The summed E-state index contributed by atoms with van der Waals surface area (Å²) in [5.41, 5.74) is 0. The molecule has 0 aromatic carbocycles. The van der Waals surface area contributed by atoms with Crippen LogP contribution >= 0.6 is 0 Å². The topological polar surface area (TPSA) is 64.6 Å². The van der Waals surface area contributed by atoms with Crippen LogP contribution in [0.2, 0.25) is 0 Å². The van der Waals surface area contributed by atoms with Gasteiger partial charge in [-0.1, -0.05) is 20.8 Å². The van der Waals surface area contributed by atoms with E-state index in [9.17, 15) is 9.59 Å². The van der Waals surface area contributed by atoms with E-state index < -0.39 is 0 Å². The van der Waals surface area contributed by atoms with Crippen molar-refractivity contribution in [3.05, 3.63) is 0 Å². The minimum Gasteiger partial charge on any atom is -0.381 e. The lowest BCUT2D eigenvalue weighted by atomic mass is 9.84. The summed E-state index contributed by atoms with van der Waals surface area (Å²) in [5.74, 6) is 0.529. The van der Waals surface area contributed by atoms with Crippen molar-refractivity contribution < 1.29 is 19.1 Å². The zero-order valence-electron chi connectivity index (χ0n) is 16.1. The van der Waals surface area contributed by atoms with E-state index in [1.165, 1.54) is 0 Å². The molecule has 0 bridgehead atoms. The summed E-state index contributed by atoms with van der Waals surface area (Å²) in [6, 6.07) is 0.227. The Balaban J connectivity index is 0.00000254. The van der Waals surface area contributed by atoms with Crippen LogP contribution in [-0.4, -0.2) is 44.2 Å². The Bertz CT molecular complexity index is 325. The van der Waals surface area contributed by atoms with Crippen LogP contribution in [0.3, 0.4) is 0 Å². The van der Waals surface area contributed by atoms with Crippen LogP contribution < -0.4 is 5.32 Å². The Morgan fingerprint density at radius 3 is 2.08 bits per heavy atom. The molecule has 142 valence electrons. The maximum Gasteiger partial charge on any atom is 0.222 e. The molecule has 0 heterocycles. The zero-order chi connectivity index (χ0) is 18.2. The minimum atomic E-state index is 0.0495. The second kappa shape index (κ2) is 15.6. The molecule has 1 N–H and O–H groups in total. The highest BCUT2D eigenvalue weighted by Gasteiger charge is 2.24. The van der Waals surface area contributed by atoms with Crippen LogP contribution in [0.1, 0.15) is 72.6 Å². The summed E-state index contributed by atoms with van der Waals surface area (Å²) in [6.07, 6.45) is 5.93. The number of rotatable bonds is 11. The molecule has 0 atom stereocenters. The zero-order valence-corrected chi connectivity index (χ0v) is 16.1. The fourth-order valence-electron chi connectivity index (χ4n) is 2.72. The van der Waals surface area contributed by atoms with Gasteiger partial charge in [-0.25, -0.2) is 0 Å². The summed E-state index contributed by atoms with van der Waals surface area (Å²) >= 11 is 0. The molecule has 0 aromatic heterocycles. The number of ketones is 1. The molecule has 1 rings (SSSR count). The van der Waals surface area contributed by atoms with Crippen molar-refractivity contribution in [3.8, 4) is 0 Å². The van der Waals surface area contributed by atoms with Crippen LogP contribution in [0.5, 0.6) is 0 Å². The predicted molar refractivity (Wildman–Crippen MR) is 97.1 cm³/mol. The molecule has 1 aliphatic rings. The highest BCUT2D eigenvalue weighted by Crippen LogP contribution is 2.24. The monoisotopic (exact) mass is 343 g/mol. The van der Waals surface area contributed by atoms with Gasteiger partial charge in [0, 0.05) is 38.2 Å². The number of Topliss-reactive ketones (excluding diaryl/α,β-unsaturated/α-hetero) is 1. The van der Waals surface area contributed by atoms with Gasteiger partial charge in [0.25, 0.3) is 0 Å². The molecule has 0 saturated heterocycles. The van der Waals surface area contributed by atoms with E-state index >= 15 is 0 Å². The Hall–Kier alpha value is -0.940. The predicted octanol–water partition coefficient (Wildman–Crippen LogP) is 3.50. The van der Waals surface area contributed by atoms with Gasteiger partial charge in [-0.3, -0.25) is 9.59 Å². The molecule has 0 unspecified atom stereocenters. The van der Waals surface area contributed by atoms with Crippen molar-refractivity contribution in [2.24, 2.45) is 5.92 Å². The van der Waals surface area contributed by atoms with E-state index in [0.717, 1.165) is 51.7 Å². The highest BCUT2D eigenvalue weighted by atomic mass is 16.5. The van der Waals surface area contributed by atoms with Crippen LogP contribution in [0.15, 0.2) is 0 Å². The Morgan fingerprint density at radius 2 is 1.54 bits per heavy atom. The minimum absolute atomic E-state index is 0.0495. The lowest BCUT2D eigenvalue weighted by molar-refractivity contribution is -0.123. The average Bonchev–Trinajstić information content (AvgIpc) is 2.59. The molecule has 0 aromatic rings. The summed E-state index contributed by atoms with van der Waals surface area (Å²) < 4.78 is 10.8. The third-order valence-corrected chi connectivity index (χ3v) is 4.07. The highest BCUT2D eigenvalue weighted by molar-refractivity contribution is 5.78. The summed E-state index contributed by atoms with van der Waals surface area (Å²) in [7, 11) is 0. The van der Waals surface area contributed by atoms with Gasteiger partial charge in [-0.05, 0) is 45.4 Å². The number of hydrogen-bond donors (Lipinski definition) is 1. The number of amides is 1. The third kappa shape index (κ3) is 11.6. The van der Waals surface area contributed by atoms with Crippen molar-refractivity contribution in [3.63, 3.8) is 0 Å². The molecular weight excluding hydrogens is 306 g/mol. The lowest BCUT2D eigenvalue weighted by Gasteiger charge is -2.27. The molecule has 5 heteroatoms. The quantitative estimate of drug-likeness (QED) is 0.583. The van der Waals surface area contributed by atoms with Gasteiger partial charge in [-0.2, -0.15) is 0 Å². The molecule has 1 aliphatic carbocycles. The van der Waals surface area contributed by atoms with E-state index in [4.69, 9.17) is 9.47 Å². The van der Waals surface area contributed by atoms with Crippen LogP contribution in [0.4, 0.5) is 0 Å². The second-order valence-electron chi connectivity index (χ2n) is 6.06. The first-order valence-corrected chi connectivity index (χ1v) is 9.58. The molecule has 1 saturated carbocycles. The van der Waals surface area contributed by atoms with Crippen molar-refractivity contribution in [2.75, 3.05) is 26.4 Å². The Labute approximate surface area is 147 Å². The van der Waals surface area contributed by atoms with Gasteiger partial charge in [0.2, 0.25) is 5.91 Å². The van der Waals surface area contributed by atoms with Crippen molar-refractivity contribution in [1.82, 2.24) is 5.32 Å². The van der Waals surface area contributed by atoms with E-state index in [-0.39, 0.29) is 23.7 Å². The smallest absolute Gasteiger partial charge is 0.222 e. The molecule has 24 heavy (non-hydrogen) atoms. The van der Waals surface area contributed by atoms with Crippen molar-refractivity contribution >= 4 is 11.7 Å². The molecular formula is C19H37NO4. The first-order chi connectivity index (χ1) is 11.6. The van der Waals surface area contributed by atoms with Crippen LogP contribution in [-0.2, 0) is 19.1 Å². The largest absolute Gasteiger partial charge is 0.381 e. The Morgan fingerprint density at radius 1 is 0.958 bits per heavy atom. The SMILES string of the molecule is CC.CCCOCCCOCCC(=O)NC1CCC(C(C)=O)CC1. The van der Waals surface area contributed by atoms with Gasteiger partial charge in [0.05, 0.1) is 6.61 Å². The Kier molecular flexibility index (Phi) is 15.0. The van der Waals surface area contributed by atoms with Gasteiger partial charge < -0.3 is 14.8 Å². The molecule has 1 amide bonds. The molecule has 5 nitrogen and oxygen atoms in total. The maximum absolute atomic E-state index is 11.8. The maximum atomic E-state index is 11.8. The average molecular weight is 344 g/mol. The first-order valence-electron chi connectivity index (χ1n) is 9.58. The number of hydrogen-bond acceptors (Lipinski definition) is 4. The number of carbonyl (C=O) groups excluding carboxylic acids is 2. The van der Waals surface area contributed by atoms with Crippen molar-refractivity contribution in [2.45, 2.75) is 78.7 Å².